The van der Waals surface area contributed by atoms with Crippen molar-refractivity contribution < 1.29 is 13.9 Å². The molecular weight excluding hydrogens is 405 g/mol. The SMILES string of the molecule is Cc1ccc2c(c1)Oc1ccccc1C(N1CCN(C(=O)Cc3ccc(F)cc3)CC1)=N2. The Morgan fingerprint density at radius 3 is 2.50 bits per heavy atom. The monoisotopic (exact) mass is 429 g/mol. The first-order chi connectivity index (χ1) is 15.6. The van der Waals surface area contributed by atoms with Crippen LogP contribution in [0.1, 0.15) is 16.7 Å². The zero-order chi connectivity index (χ0) is 22.1. The summed E-state index contributed by atoms with van der Waals surface area (Å²) in [5, 5.41) is 0. The van der Waals surface area contributed by atoms with Crippen LogP contribution in [0.25, 0.3) is 0 Å². The van der Waals surface area contributed by atoms with Gasteiger partial charge in [0.15, 0.2) is 5.75 Å². The molecule has 3 aromatic rings. The molecule has 6 heteroatoms. The third-order valence-corrected chi connectivity index (χ3v) is 5.89. The number of carbonyl (C=O) groups is 1. The average molecular weight is 429 g/mol. The number of aryl methyl sites for hydroxylation is 1. The maximum absolute atomic E-state index is 13.1. The molecule has 0 aliphatic carbocycles. The molecule has 0 saturated carbocycles. The highest BCUT2D eigenvalue weighted by Crippen LogP contribution is 2.38. The number of hydrogen-bond acceptors (Lipinski definition) is 4. The number of amides is 1. The summed E-state index contributed by atoms with van der Waals surface area (Å²) in [6, 6.07) is 20.1. The summed E-state index contributed by atoms with van der Waals surface area (Å²) in [4.78, 5) is 21.8. The summed E-state index contributed by atoms with van der Waals surface area (Å²) in [6.45, 7) is 4.63. The van der Waals surface area contributed by atoms with E-state index in [0.717, 1.165) is 39.7 Å². The largest absolute Gasteiger partial charge is 0.454 e. The van der Waals surface area contributed by atoms with Crippen molar-refractivity contribution in [2.24, 2.45) is 4.99 Å². The van der Waals surface area contributed by atoms with Gasteiger partial charge < -0.3 is 14.5 Å². The number of fused-ring (bicyclic) bond motifs is 2. The summed E-state index contributed by atoms with van der Waals surface area (Å²) in [7, 11) is 0. The van der Waals surface area contributed by atoms with Gasteiger partial charge in [0.25, 0.3) is 0 Å². The van der Waals surface area contributed by atoms with E-state index in [-0.39, 0.29) is 18.1 Å². The summed E-state index contributed by atoms with van der Waals surface area (Å²) in [5.41, 5.74) is 3.70. The van der Waals surface area contributed by atoms with Crippen LogP contribution < -0.4 is 4.74 Å². The summed E-state index contributed by atoms with van der Waals surface area (Å²) < 4.78 is 19.3. The lowest BCUT2D eigenvalue weighted by Gasteiger charge is -2.36. The Morgan fingerprint density at radius 2 is 1.72 bits per heavy atom. The molecule has 0 spiro atoms. The Kier molecular flexibility index (Phi) is 5.35. The minimum Gasteiger partial charge on any atom is -0.454 e. The van der Waals surface area contributed by atoms with Gasteiger partial charge in [0.05, 0.1) is 12.0 Å². The molecule has 1 amide bonds. The number of hydrogen-bond donors (Lipinski definition) is 0. The van der Waals surface area contributed by atoms with E-state index in [1.165, 1.54) is 12.1 Å². The molecule has 0 N–H and O–H groups in total. The van der Waals surface area contributed by atoms with Crippen LogP contribution >= 0.6 is 0 Å². The van der Waals surface area contributed by atoms with Gasteiger partial charge in [-0.15, -0.1) is 0 Å². The van der Waals surface area contributed by atoms with Crippen LogP contribution in [0.4, 0.5) is 10.1 Å². The Bertz CT molecular complexity index is 1180. The molecule has 0 atom stereocenters. The Labute approximate surface area is 186 Å². The van der Waals surface area contributed by atoms with E-state index in [0.29, 0.717) is 26.2 Å². The van der Waals surface area contributed by atoms with Crippen LogP contribution in [-0.2, 0) is 11.2 Å². The molecule has 1 saturated heterocycles. The third-order valence-electron chi connectivity index (χ3n) is 5.89. The van der Waals surface area contributed by atoms with Crippen molar-refractivity contribution in [1.29, 1.82) is 0 Å². The van der Waals surface area contributed by atoms with E-state index in [4.69, 9.17) is 9.73 Å². The van der Waals surface area contributed by atoms with Crippen LogP contribution in [0.15, 0.2) is 71.7 Å². The Hall–Kier alpha value is -3.67. The normalized spacial score (nSPS) is 15.2. The van der Waals surface area contributed by atoms with Crippen molar-refractivity contribution in [3.8, 4) is 11.5 Å². The second-order valence-corrected chi connectivity index (χ2v) is 8.18. The molecule has 0 radical (unpaired) electrons. The zero-order valence-electron chi connectivity index (χ0n) is 17.9. The van der Waals surface area contributed by atoms with Crippen LogP contribution in [-0.4, -0.2) is 47.7 Å². The number of halogens is 1. The number of para-hydroxylation sites is 1. The first-order valence-corrected chi connectivity index (χ1v) is 10.8. The van der Waals surface area contributed by atoms with Crippen molar-refractivity contribution in [3.63, 3.8) is 0 Å². The number of piperazine rings is 1. The zero-order valence-corrected chi connectivity index (χ0v) is 17.9. The molecule has 162 valence electrons. The first-order valence-electron chi connectivity index (χ1n) is 10.8. The minimum absolute atomic E-state index is 0.0589. The van der Waals surface area contributed by atoms with Crippen molar-refractivity contribution in [1.82, 2.24) is 9.80 Å². The molecule has 32 heavy (non-hydrogen) atoms. The number of ether oxygens (including phenoxy) is 1. The summed E-state index contributed by atoms with van der Waals surface area (Å²) in [5.74, 6) is 2.17. The van der Waals surface area contributed by atoms with Crippen LogP contribution in [0.2, 0.25) is 0 Å². The van der Waals surface area contributed by atoms with Crippen LogP contribution in [0.3, 0.4) is 0 Å². The molecule has 0 unspecified atom stereocenters. The Balaban J connectivity index is 1.34. The number of aliphatic imine (C=N–C) groups is 1. The maximum atomic E-state index is 13.1. The van der Waals surface area contributed by atoms with Gasteiger partial charge in [-0.05, 0) is 54.4 Å². The third kappa shape index (κ3) is 4.08. The second-order valence-electron chi connectivity index (χ2n) is 8.18. The lowest BCUT2D eigenvalue weighted by Crippen LogP contribution is -2.51. The lowest BCUT2D eigenvalue weighted by molar-refractivity contribution is -0.131. The molecule has 5 nitrogen and oxygen atoms in total. The number of carbonyl (C=O) groups excluding carboxylic acids is 1. The highest BCUT2D eigenvalue weighted by atomic mass is 19.1. The molecule has 1 fully saturated rings. The summed E-state index contributed by atoms with van der Waals surface area (Å²) >= 11 is 0. The quantitative estimate of drug-likeness (QED) is 0.593. The van der Waals surface area contributed by atoms with E-state index >= 15 is 0 Å². The van der Waals surface area contributed by atoms with Crippen molar-refractivity contribution in [2.45, 2.75) is 13.3 Å². The fraction of sp³-hybridized carbons (Fsp3) is 0.231. The standard InChI is InChI=1S/C26H24FN3O2/c1-18-6-11-22-24(16-18)32-23-5-3-2-4-21(23)26(28-22)30-14-12-29(13-15-30)25(31)17-19-7-9-20(27)10-8-19/h2-11,16H,12-15,17H2,1H3. The highest BCUT2D eigenvalue weighted by molar-refractivity contribution is 6.03. The molecule has 2 heterocycles. The van der Waals surface area contributed by atoms with E-state index in [1.54, 1.807) is 12.1 Å². The van der Waals surface area contributed by atoms with Crippen molar-refractivity contribution in [3.05, 3.63) is 89.2 Å². The first kappa shape index (κ1) is 20.2. The molecule has 0 bridgehead atoms. The average Bonchev–Trinajstić information content (AvgIpc) is 2.97. The smallest absolute Gasteiger partial charge is 0.227 e. The van der Waals surface area contributed by atoms with Gasteiger partial charge in [0.1, 0.15) is 23.1 Å². The highest BCUT2D eigenvalue weighted by Gasteiger charge is 2.27. The second kappa shape index (κ2) is 8.46. The van der Waals surface area contributed by atoms with Gasteiger partial charge >= 0.3 is 0 Å². The predicted molar refractivity (Wildman–Crippen MR) is 122 cm³/mol. The van der Waals surface area contributed by atoms with Gasteiger partial charge in [-0.25, -0.2) is 9.38 Å². The fourth-order valence-corrected chi connectivity index (χ4v) is 4.13. The number of rotatable bonds is 2. The van der Waals surface area contributed by atoms with Gasteiger partial charge in [-0.2, -0.15) is 0 Å². The van der Waals surface area contributed by atoms with Gasteiger partial charge in [-0.1, -0.05) is 30.3 Å². The Morgan fingerprint density at radius 1 is 0.969 bits per heavy atom. The van der Waals surface area contributed by atoms with E-state index in [9.17, 15) is 9.18 Å². The molecule has 2 aliphatic heterocycles. The van der Waals surface area contributed by atoms with E-state index < -0.39 is 0 Å². The predicted octanol–water partition coefficient (Wildman–Crippen LogP) is 4.71. The molecule has 0 aromatic heterocycles. The van der Waals surface area contributed by atoms with Gasteiger partial charge in [-0.3, -0.25) is 4.79 Å². The number of amidine groups is 1. The summed E-state index contributed by atoms with van der Waals surface area (Å²) in [6.07, 6.45) is 0.282. The molecular formula is C26H24FN3O2. The number of nitrogens with zero attached hydrogens (tertiary/aromatic N) is 3. The fourth-order valence-electron chi connectivity index (χ4n) is 4.13. The van der Waals surface area contributed by atoms with Crippen LogP contribution in [0, 0.1) is 12.7 Å². The number of benzene rings is 3. The van der Waals surface area contributed by atoms with E-state index in [1.807, 2.05) is 54.3 Å². The van der Waals surface area contributed by atoms with Crippen molar-refractivity contribution >= 4 is 17.4 Å². The maximum Gasteiger partial charge on any atom is 0.227 e. The van der Waals surface area contributed by atoms with Crippen molar-refractivity contribution in [2.75, 3.05) is 26.2 Å². The van der Waals surface area contributed by atoms with E-state index in [2.05, 4.69) is 4.90 Å². The topological polar surface area (TPSA) is 45.1 Å². The van der Waals surface area contributed by atoms with Gasteiger partial charge in [0, 0.05) is 26.2 Å². The molecule has 3 aromatic carbocycles. The minimum atomic E-state index is -0.292. The van der Waals surface area contributed by atoms with Gasteiger partial charge in [0.2, 0.25) is 5.91 Å². The van der Waals surface area contributed by atoms with Crippen LogP contribution in [0.5, 0.6) is 11.5 Å². The molecule has 2 aliphatic rings. The lowest BCUT2D eigenvalue weighted by atomic mass is 10.1. The molecule has 5 rings (SSSR count).